The van der Waals surface area contributed by atoms with Crippen LogP contribution >= 0.6 is 11.6 Å². The molecule has 0 saturated carbocycles. The van der Waals surface area contributed by atoms with Crippen molar-refractivity contribution in [3.05, 3.63) is 88.9 Å². The maximum atomic E-state index is 13.1. The third kappa shape index (κ3) is 8.24. The van der Waals surface area contributed by atoms with E-state index in [-0.39, 0.29) is 28.6 Å². The second-order valence-electron chi connectivity index (χ2n) is 9.91. The number of benzene rings is 3. The number of aryl methyl sites for hydroxylation is 1. The molecule has 0 radical (unpaired) electrons. The molecule has 0 aliphatic carbocycles. The van der Waals surface area contributed by atoms with E-state index in [0.717, 1.165) is 17.7 Å². The van der Waals surface area contributed by atoms with Crippen LogP contribution in [0.2, 0.25) is 5.02 Å². The first-order chi connectivity index (χ1) is 19.7. The van der Waals surface area contributed by atoms with Gasteiger partial charge in [-0.3, -0.25) is 9.52 Å². The van der Waals surface area contributed by atoms with E-state index in [4.69, 9.17) is 11.6 Å². The smallest absolute Gasteiger partial charge is 0.326 e. The molecule has 0 unspecified atom stereocenters. The minimum absolute atomic E-state index is 0.0201. The second kappa shape index (κ2) is 13.0. The molecule has 0 bridgehead atoms. The number of alkyl halides is 3. The molecule has 3 aromatic carbocycles. The van der Waals surface area contributed by atoms with Gasteiger partial charge in [-0.15, -0.1) is 0 Å². The first kappa shape index (κ1) is 31.8. The normalized spacial score (nSPS) is 16.6. The van der Waals surface area contributed by atoms with Crippen molar-refractivity contribution in [2.75, 3.05) is 28.9 Å². The van der Waals surface area contributed by atoms with Gasteiger partial charge in [-0.2, -0.15) is 13.2 Å². The number of rotatable bonds is 10. The van der Waals surface area contributed by atoms with Gasteiger partial charge >= 0.3 is 6.18 Å². The fourth-order valence-corrected chi connectivity index (χ4v) is 7.48. The summed E-state index contributed by atoms with van der Waals surface area (Å²) in [6.07, 6.45) is -2.64. The molecule has 42 heavy (non-hydrogen) atoms. The zero-order chi connectivity index (χ0) is 30.5. The lowest BCUT2D eigenvalue weighted by Crippen LogP contribution is -2.44. The number of hydrogen-bond acceptors (Lipinski definition) is 5. The molecule has 8 nitrogen and oxygen atoms in total. The fraction of sp³-hybridized carbons (Fsp3) is 0.321. The molecule has 1 saturated heterocycles. The number of piperidine rings is 1. The Morgan fingerprint density at radius 3 is 2.29 bits per heavy atom. The van der Waals surface area contributed by atoms with Gasteiger partial charge < -0.3 is 5.32 Å². The minimum atomic E-state index is -4.76. The zero-order valence-electron chi connectivity index (χ0n) is 22.3. The Morgan fingerprint density at radius 2 is 1.62 bits per heavy atom. The van der Waals surface area contributed by atoms with Crippen LogP contribution in [-0.4, -0.2) is 45.9 Å². The maximum Gasteiger partial charge on any atom is 0.417 e. The maximum absolute atomic E-state index is 13.1. The van der Waals surface area contributed by atoms with Crippen molar-refractivity contribution in [3.63, 3.8) is 0 Å². The van der Waals surface area contributed by atoms with Gasteiger partial charge in [-0.05, 0) is 73.7 Å². The number of amides is 1. The first-order valence-electron chi connectivity index (χ1n) is 13.1. The molecule has 3 aromatic rings. The summed E-state index contributed by atoms with van der Waals surface area (Å²) >= 11 is 5.59. The van der Waals surface area contributed by atoms with Gasteiger partial charge in [0.2, 0.25) is 15.9 Å². The average Bonchev–Trinajstić information content (AvgIpc) is 2.94. The van der Waals surface area contributed by atoms with Crippen molar-refractivity contribution >= 4 is 48.9 Å². The van der Waals surface area contributed by atoms with Crippen molar-refractivity contribution in [2.24, 2.45) is 5.92 Å². The number of anilines is 2. The van der Waals surface area contributed by atoms with Gasteiger partial charge in [0.1, 0.15) is 0 Å². The Labute approximate surface area is 248 Å². The SMILES string of the molecule is O=C(Nc1ccc(S(=O)(=O)Nc2ccc(Cl)c(C(F)(F)F)c2)cc1)[C@H]1CCCN(S(=O)(=O)CCCc2ccccc2)C1. The Balaban J connectivity index is 1.34. The van der Waals surface area contributed by atoms with E-state index in [1.807, 2.05) is 30.3 Å². The van der Waals surface area contributed by atoms with E-state index < -0.39 is 48.6 Å². The highest BCUT2D eigenvalue weighted by Gasteiger charge is 2.34. The number of hydrogen-bond donors (Lipinski definition) is 2. The molecule has 1 atom stereocenters. The summed E-state index contributed by atoms with van der Waals surface area (Å²) in [6, 6.07) is 17.3. The summed E-state index contributed by atoms with van der Waals surface area (Å²) in [7, 11) is -7.79. The van der Waals surface area contributed by atoms with Gasteiger partial charge in [-0.1, -0.05) is 41.9 Å². The summed E-state index contributed by atoms with van der Waals surface area (Å²) in [4.78, 5) is 12.7. The number of nitrogens with zero attached hydrogens (tertiary/aromatic N) is 1. The van der Waals surface area contributed by atoms with Gasteiger partial charge in [0.05, 0.1) is 27.2 Å². The zero-order valence-corrected chi connectivity index (χ0v) is 24.7. The predicted octanol–water partition coefficient (Wildman–Crippen LogP) is 5.77. The number of sulfonamides is 2. The van der Waals surface area contributed by atoms with Crippen LogP contribution in [0.25, 0.3) is 0 Å². The number of halogens is 4. The van der Waals surface area contributed by atoms with Crippen LogP contribution in [0.5, 0.6) is 0 Å². The monoisotopic (exact) mass is 643 g/mol. The molecule has 4 rings (SSSR count). The fourth-order valence-electron chi connectivity index (χ4n) is 4.62. The summed E-state index contributed by atoms with van der Waals surface area (Å²) < 4.78 is 94.1. The first-order valence-corrected chi connectivity index (χ1v) is 16.5. The van der Waals surface area contributed by atoms with Crippen LogP contribution in [0, 0.1) is 5.92 Å². The Bertz CT molecular complexity index is 1620. The van der Waals surface area contributed by atoms with Crippen LogP contribution in [0.1, 0.15) is 30.4 Å². The Hall–Kier alpha value is -3.13. The van der Waals surface area contributed by atoms with Gasteiger partial charge in [0.15, 0.2) is 0 Å². The van der Waals surface area contributed by atoms with Crippen molar-refractivity contribution in [3.8, 4) is 0 Å². The topological polar surface area (TPSA) is 113 Å². The number of carbonyl (C=O) groups excluding carboxylic acids is 1. The van der Waals surface area contributed by atoms with Gasteiger partial charge in [0.25, 0.3) is 10.0 Å². The number of carbonyl (C=O) groups is 1. The lowest BCUT2D eigenvalue weighted by Gasteiger charge is -2.31. The summed E-state index contributed by atoms with van der Waals surface area (Å²) in [5.41, 5.74) is -0.156. The molecule has 14 heteroatoms. The highest BCUT2D eigenvalue weighted by Crippen LogP contribution is 2.36. The summed E-state index contributed by atoms with van der Waals surface area (Å²) in [5.74, 6) is -0.998. The van der Waals surface area contributed by atoms with Crippen LogP contribution in [0.15, 0.2) is 77.7 Å². The van der Waals surface area contributed by atoms with E-state index in [2.05, 4.69) is 10.0 Å². The molecule has 1 aliphatic heterocycles. The second-order valence-corrected chi connectivity index (χ2v) is 14.1. The van der Waals surface area contributed by atoms with Crippen molar-refractivity contribution < 1.29 is 34.8 Å². The van der Waals surface area contributed by atoms with Crippen molar-refractivity contribution in [2.45, 2.75) is 36.8 Å². The third-order valence-electron chi connectivity index (χ3n) is 6.82. The molecule has 1 amide bonds. The third-order valence-corrected chi connectivity index (χ3v) is 10.5. The van der Waals surface area contributed by atoms with E-state index in [1.165, 1.54) is 28.6 Å². The molecule has 1 fully saturated rings. The lowest BCUT2D eigenvalue weighted by molar-refractivity contribution is -0.137. The molecular formula is C28H29ClF3N3O5S2. The molecule has 226 valence electrons. The highest BCUT2D eigenvalue weighted by molar-refractivity contribution is 7.92. The molecular weight excluding hydrogens is 615 g/mol. The molecule has 1 heterocycles. The predicted molar refractivity (Wildman–Crippen MR) is 155 cm³/mol. The highest BCUT2D eigenvalue weighted by atomic mass is 35.5. The summed E-state index contributed by atoms with van der Waals surface area (Å²) in [6.45, 7) is 0.395. The average molecular weight is 644 g/mol. The quantitative estimate of drug-likeness (QED) is 0.291. The van der Waals surface area contributed by atoms with Crippen LogP contribution in [0.3, 0.4) is 0 Å². The van der Waals surface area contributed by atoms with Crippen molar-refractivity contribution in [1.82, 2.24) is 4.31 Å². The van der Waals surface area contributed by atoms with Crippen molar-refractivity contribution in [1.29, 1.82) is 0 Å². The summed E-state index contributed by atoms with van der Waals surface area (Å²) in [5, 5.41) is 2.13. The van der Waals surface area contributed by atoms with Gasteiger partial charge in [0, 0.05) is 24.5 Å². The van der Waals surface area contributed by atoms with E-state index in [9.17, 15) is 34.8 Å². The lowest BCUT2D eigenvalue weighted by atomic mass is 9.99. The van der Waals surface area contributed by atoms with Crippen LogP contribution in [0.4, 0.5) is 24.5 Å². The standard InChI is InChI=1S/C28H29ClF3N3O5S2/c29-26-15-12-23(18-25(26)28(30,31)32)34-42(39,40)24-13-10-22(11-14-24)33-27(36)21-9-4-16-35(19-21)41(37,38)17-5-8-20-6-2-1-3-7-20/h1-3,6-7,10-15,18,21,34H,4-5,8-9,16-17,19H2,(H,33,36)/t21-/m0/s1. The van der Waals surface area contributed by atoms with E-state index >= 15 is 0 Å². The van der Waals surface area contributed by atoms with Crippen LogP contribution in [-0.2, 0) is 37.4 Å². The molecule has 0 aromatic heterocycles. The Morgan fingerprint density at radius 1 is 0.952 bits per heavy atom. The van der Waals surface area contributed by atoms with E-state index in [1.54, 1.807) is 0 Å². The van der Waals surface area contributed by atoms with Gasteiger partial charge in [-0.25, -0.2) is 21.1 Å². The largest absolute Gasteiger partial charge is 0.417 e. The van der Waals surface area contributed by atoms with E-state index in [0.29, 0.717) is 38.3 Å². The molecule has 2 N–H and O–H groups in total. The van der Waals surface area contributed by atoms with Crippen LogP contribution < -0.4 is 10.0 Å². The number of nitrogens with one attached hydrogen (secondary N) is 2. The Kier molecular flexibility index (Phi) is 9.86. The minimum Gasteiger partial charge on any atom is -0.326 e. The molecule has 1 aliphatic rings. The molecule has 0 spiro atoms.